The zero-order valence-electron chi connectivity index (χ0n) is 9.43. The van der Waals surface area contributed by atoms with E-state index in [0.29, 0.717) is 41.3 Å². The molecule has 90 valence electrons. The lowest BCUT2D eigenvalue weighted by Gasteiger charge is -2.01. The molecule has 0 saturated heterocycles. The first-order valence-corrected chi connectivity index (χ1v) is 5.71. The zero-order valence-corrected chi connectivity index (χ0v) is 10.2. The molecule has 0 fully saturated rings. The smallest absolute Gasteiger partial charge is 0.227 e. The normalized spacial score (nSPS) is 12.6. The molecule has 6 heteroatoms. The van der Waals surface area contributed by atoms with E-state index in [0.717, 1.165) is 0 Å². The maximum Gasteiger partial charge on any atom is 0.227 e. The summed E-state index contributed by atoms with van der Waals surface area (Å²) in [4.78, 5) is 8.38. The summed E-state index contributed by atoms with van der Waals surface area (Å²) in [6, 6.07) is 3.49. The summed E-state index contributed by atoms with van der Waals surface area (Å²) in [5.41, 5.74) is 6.18. The lowest BCUT2D eigenvalue weighted by atomic mass is 10.1. The van der Waals surface area contributed by atoms with Crippen LogP contribution in [0.5, 0.6) is 0 Å². The molecule has 2 heterocycles. The van der Waals surface area contributed by atoms with Gasteiger partial charge in [-0.3, -0.25) is 4.98 Å². The summed E-state index contributed by atoms with van der Waals surface area (Å²) >= 11 is 5.75. The summed E-state index contributed by atoms with van der Waals surface area (Å²) in [6.45, 7) is 2.63. The number of nitrogens with two attached hydrogens (primary N) is 1. The van der Waals surface area contributed by atoms with Crippen molar-refractivity contribution in [3.63, 3.8) is 0 Å². The van der Waals surface area contributed by atoms with Crippen molar-refractivity contribution in [2.75, 3.05) is 6.54 Å². The van der Waals surface area contributed by atoms with Gasteiger partial charge in [0.15, 0.2) is 0 Å². The summed E-state index contributed by atoms with van der Waals surface area (Å²) in [6.07, 6.45) is 2.23. The van der Waals surface area contributed by atoms with Crippen molar-refractivity contribution in [2.45, 2.75) is 13.3 Å². The van der Waals surface area contributed by atoms with Crippen molar-refractivity contribution < 1.29 is 4.52 Å². The third-order valence-corrected chi connectivity index (χ3v) is 2.57. The Morgan fingerprint density at radius 2 is 2.29 bits per heavy atom. The Labute approximate surface area is 104 Å². The van der Waals surface area contributed by atoms with E-state index in [1.807, 2.05) is 6.92 Å². The minimum atomic E-state index is 0.321. The van der Waals surface area contributed by atoms with Crippen LogP contribution >= 0.6 is 11.6 Å². The quantitative estimate of drug-likeness (QED) is 0.900. The van der Waals surface area contributed by atoms with Gasteiger partial charge in [-0.25, -0.2) is 0 Å². The summed E-state index contributed by atoms with van der Waals surface area (Å²) in [7, 11) is 0. The second kappa shape index (κ2) is 5.25. The molecule has 0 bridgehead atoms. The van der Waals surface area contributed by atoms with Gasteiger partial charge in [0.25, 0.3) is 0 Å². The average molecular weight is 253 g/mol. The van der Waals surface area contributed by atoms with Crippen LogP contribution in [-0.4, -0.2) is 21.7 Å². The van der Waals surface area contributed by atoms with Gasteiger partial charge in [0.2, 0.25) is 11.7 Å². The molecule has 1 unspecified atom stereocenters. The van der Waals surface area contributed by atoms with Gasteiger partial charge in [0, 0.05) is 12.6 Å². The van der Waals surface area contributed by atoms with Crippen LogP contribution < -0.4 is 5.73 Å². The van der Waals surface area contributed by atoms with Gasteiger partial charge in [0.1, 0.15) is 5.69 Å². The standard InChI is InChI=1S/C11H13ClN4O/c1-7(5-13)4-10-15-11(16-17-10)9-3-2-8(12)6-14-9/h2-3,6-7H,4-5,13H2,1H3. The number of aromatic nitrogens is 3. The molecule has 0 aromatic carbocycles. The Bertz CT molecular complexity index is 482. The van der Waals surface area contributed by atoms with Crippen LogP contribution in [0, 0.1) is 5.92 Å². The molecule has 1 atom stereocenters. The minimum absolute atomic E-state index is 0.321. The lowest BCUT2D eigenvalue weighted by molar-refractivity contribution is 0.359. The van der Waals surface area contributed by atoms with Gasteiger partial charge in [-0.15, -0.1) is 0 Å². The van der Waals surface area contributed by atoms with Gasteiger partial charge >= 0.3 is 0 Å². The van der Waals surface area contributed by atoms with Crippen LogP contribution in [0.15, 0.2) is 22.9 Å². The fourth-order valence-corrected chi connectivity index (χ4v) is 1.44. The highest BCUT2D eigenvalue weighted by atomic mass is 35.5. The number of rotatable bonds is 4. The van der Waals surface area contributed by atoms with E-state index in [1.54, 1.807) is 18.3 Å². The second-order valence-corrected chi connectivity index (χ2v) is 4.35. The molecule has 0 aliphatic carbocycles. The van der Waals surface area contributed by atoms with Crippen LogP contribution in [0.4, 0.5) is 0 Å². The molecule has 0 saturated carbocycles. The molecular weight excluding hydrogens is 240 g/mol. The predicted octanol–water partition coefficient (Wildman–Crippen LogP) is 1.92. The molecule has 0 aliphatic rings. The largest absolute Gasteiger partial charge is 0.339 e. The van der Waals surface area contributed by atoms with Gasteiger partial charge in [-0.1, -0.05) is 23.7 Å². The van der Waals surface area contributed by atoms with Crippen molar-refractivity contribution in [3.05, 3.63) is 29.2 Å². The van der Waals surface area contributed by atoms with Crippen molar-refractivity contribution in [1.82, 2.24) is 15.1 Å². The first kappa shape index (κ1) is 12.0. The summed E-state index contributed by atoms with van der Waals surface area (Å²) < 4.78 is 5.13. The molecule has 0 aliphatic heterocycles. The molecule has 2 rings (SSSR count). The molecule has 2 N–H and O–H groups in total. The number of halogens is 1. The van der Waals surface area contributed by atoms with Crippen LogP contribution in [0.1, 0.15) is 12.8 Å². The third kappa shape index (κ3) is 3.01. The number of pyridine rings is 1. The highest BCUT2D eigenvalue weighted by Crippen LogP contribution is 2.16. The third-order valence-electron chi connectivity index (χ3n) is 2.35. The molecule has 2 aromatic rings. The molecule has 2 aromatic heterocycles. The van der Waals surface area contributed by atoms with E-state index in [9.17, 15) is 0 Å². The molecule has 17 heavy (non-hydrogen) atoms. The fraction of sp³-hybridized carbons (Fsp3) is 0.364. The van der Waals surface area contributed by atoms with Gasteiger partial charge in [0.05, 0.1) is 5.02 Å². The second-order valence-electron chi connectivity index (χ2n) is 3.92. The maximum absolute atomic E-state index is 5.75. The first-order chi connectivity index (χ1) is 8.19. The van der Waals surface area contributed by atoms with Crippen LogP contribution in [0.25, 0.3) is 11.5 Å². The van der Waals surface area contributed by atoms with Crippen molar-refractivity contribution in [3.8, 4) is 11.5 Å². The van der Waals surface area contributed by atoms with Crippen molar-refractivity contribution in [1.29, 1.82) is 0 Å². The lowest BCUT2D eigenvalue weighted by Crippen LogP contribution is -2.13. The zero-order chi connectivity index (χ0) is 12.3. The molecule has 0 radical (unpaired) electrons. The van der Waals surface area contributed by atoms with E-state index in [4.69, 9.17) is 21.9 Å². The van der Waals surface area contributed by atoms with Crippen LogP contribution in [0.2, 0.25) is 5.02 Å². The number of hydrogen-bond donors (Lipinski definition) is 1. The van der Waals surface area contributed by atoms with Gasteiger partial charge < -0.3 is 10.3 Å². The Morgan fingerprint density at radius 1 is 1.47 bits per heavy atom. The molecule has 0 amide bonds. The van der Waals surface area contributed by atoms with Crippen LogP contribution in [-0.2, 0) is 6.42 Å². The molecular formula is C11H13ClN4O. The predicted molar refractivity (Wildman–Crippen MR) is 64.5 cm³/mol. The van der Waals surface area contributed by atoms with Crippen molar-refractivity contribution >= 4 is 11.6 Å². The molecule has 5 nitrogen and oxygen atoms in total. The number of hydrogen-bond acceptors (Lipinski definition) is 5. The van der Waals surface area contributed by atoms with Crippen LogP contribution in [0.3, 0.4) is 0 Å². The highest BCUT2D eigenvalue weighted by molar-refractivity contribution is 6.30. The van der Waals surface area contributed by atoms with E-state index in [2.05, 4.69) is 15.1 Å². The van der Waals surface area contributed by atoms with Gasteiger partial charge in [-0.05, 0) is 24.6 Å². The fourth-order valence-electron chi connectivity index (χ4n) is 1.33. The number of nitrogens with zero attached hydrogens (tertiary/aromatic N) is 3. The summed E-state index contributed by atoms with van der Waals surface area (Å²) in [5.74, 6) is 1.37. The van der Waals surface area contributed by atoms with E-state index >= 15 is 0 Å². The minimum Gasteiger partial charge on any atom is -0.339 e. The first-order valence-electron chi connectivity index (χ1n) is 5.33. The van der Waals surface area contributed by atoms with Gasteiger partial charge in [-0.2, -0.15) is 4.98 Å². The Kier molecular flexibility index (Phi) is 3.71. The average Bonchev–Trinajstić information content (AvgIpc) is 2.78. The van der Waals surface area contributed by atoms with E-state index in [-0.39, 0.29) is 0 Å². The van der Waals surface area contributed by atoms with E-state index in [1.165, 1.54) is 0 Å². The Morgan fingerprint density at radius 3 is 2.94 bits per heavy atom. The molecule has 0 spiro atoms. The summed E-state index contributed by atoms with van der Waals surface area (Å²) in [5, 5.41) is 4.45. The highest BCUT2D eigenvalue weighted by Gasteiger charge is 2.11. The Balaban J connectivity index is 2.15. The SMILES string of the molecule is CC(CN)Cc1nc(-c2ccc(Cl)cn2)no1. The van der Waals surface area contributed by atoms with E-state index < -0.39 is 0 Å². The maximum atomic E-state index is 5.75. The van der Waals surface area contributed by atoms with Crippen molar-refractivity contribution in [2.24, 2.45) is 11.7 Å². The monoisotopic (exact) mass is 252 g/mol. The Hall–Kier alpha value is -1.46. The topological polar surface area (TPSA) is 77.8 Å².